The van der Waals surface area contributed by atoms with E-state index in [-0.39, 0.29) is 0 Å². The molecule has 3 aromatic rings. The Hall–Kier alpha value is -2.40. The van der Waals surface area contributed by atoms with Gasteiger partial charge in [-0.15, -0.1) is 0 Å². The Bertz CT molecular complexity index is 830. The molecule has 21 heavy (non-hydrogen) atoms. The standard InChI is InChI=1S/C16H15N3OS/c1-2-10-6-5-7-11(14(10)17)15(21-20)16-18-12-8-3-4-9-13(12)19-16/h3-9H,2,17H2,1H3,(H,18,19). The molecule has 0 aliphatic heterocycles. The van der Waals surface area contributed by atoms with Gasteiger partial charge in [-0.2, -0.15) is 0 Å². The fourth-order valence-corrected chi connectivity index (χ4v) is 2.83. The number of para-hydroxylation sites is 3. The molecule has 2 aromatic carbocycles. The van der Waals surface area contributed by atoms with E-state index < -0.39 is 0 Å². The summed E-state index contributed by atoms with van der Waals surface area (Å²) in [6, 6.07) is 13.5. The molecule has 0 atom stereocenters. The lowest BCUT2D eigenvalue weighted by Gasteiger charge is -2.09. The summed E-state index contributed by atoms with van der Waals surface area (Å²) in [7, 11) is 0. The number of nitrogen functional groups attached to an aromatic ring is 1. The first-order valence-electron chi connectivity index (χ1n) is 6.74. The van der Waals surface area contributed by atoms with Crippen molar-refractivity contribution in [3.63, 3.8) is 0 Å². The second kappa shape index (κ2) is 5.54. The lowest BCUT2D eigenvalue weighted by Crippen LogP contribution is -2.10. The van der Waals surface area contributed by atoms with Crippen LogP contribution in [0.15, 0.2) is 42.5 Å². The van der Waals surface area contributed by atoms with E-state index in [4.69, 9.17) is 5.73 Å². The average molecular weight is 297 g/mol. The number of hydrogen-bond donors (Lipinski definition) is 2. The number of nitrogens with two attached hydrogens (primary N) is 1. The fraction of sp³-hybridized carbons (Fsp3) is 0.125. The third-order valence-corrected chi connectivity index (χ3v) is 4.09. The minimum atomic E-state index is 0.418. The molecule has 0 aliphatic rings. The van der Waals surface area contributed by atoms with Gasteiger partial charge in [-0.05, 0) is 24.1 Å². The Morgan fingerprint density at radius 3 is 2.76 bits per heavy atom. The number of aromatic amines is 1. The lowest BCUT2D eigenvalue weighted by atomic mass is 10.0. The summed E-state index contributed by atoms with van der Waals surface area (Å²) in [4.78, 5) is 8.20. The molecule has 0 amide bonds. The molecule has 1 heterocycles. The topological polar surface area (TPSA) is 71.8 Å². The van der Waals surface area contributed by atoms with Gasteiger partial charge in [-0.3, -0.25) is 0 Å². The van der Waals surface area contributed by atoms with Gasteiger partial charge < -0.3 is 10.7 Å². The summed E-state index contributed by atoms with van der Waals surface area (Å²) >= 11 is 0.418. The van der Waals surface area contributed by atoms with Gasteiger partial charge in [0.1, 0.15) is 16.1 Å². The predicted molar refractivity (Wildman–Crippen MR) is 87.7 cm³/mol. The Labute approximate surface area is 126 Å². The first-order chi connectivity index (χ1) is 10.2. The second-order valence-electron chi connectivity index (χ2n) is 4.75. The van der Waals surface area contributed by atoms with E-state index >= 15 is 0 Å². The Kier molecular flexibility index (Phi) is 3.58. The van der Waals surface area contributed by atoms with Crippen LogP contribution in [0.1, 0.15) is 23.9 Å². The lowest BCUT2D eigenvalue weighted by molar-refractivity contribution is 0.701. The molecular weight excluding hydrogens is 282 g/mol. The molecule has 0 unspecified atom stereocenters. The molecule has 0 fully saturated rings. The van der Waals surface area contributed by atoms with Crippen LogP contribution in [0.2, 0.25) is 0 Å². The summed E-state index contributed by atoms with van der Waals surface area (Å²) < 4.78 is 11.6. The maximum atomic E-state index is 11.6. The average Bonchev–Trinajstić information content (AvgIpc) is 2.93. The first-order valence-corrected chi connectivity index (χ1v) is 7.48. The van der Waals surface area contributed by atoms with Crippen LogP contribution in [0.5, 0.6) is 0 Å². The molecule has 3 N–H and O–H groups in total. The number of rotatable bonds is 3. The molecule has 0 saturated carbocycles. The van der Waals surface area contributed by atoms with Crippen molar-refractivity contribution < 1.29 is 4.21 Å². The summed E-state index contributed by atoms with van der Waals surface area (Å²) in [5, 5.41) is 0. The molecule has 5 heteroatoms. The Morgan fingerprint density at radius 1 is 1.24 bits per heavy atom. The summed E-state index contributed by atoms with van der Waals surface area (Å²) in [5.41, 5.74) is 10.4. The van der Waals surface area contributed by atoms with Crippen molar-refractivity contribution in [2.45, 2.75) is 13.3 Å². The number of fused-ring (bicyclic) bond motifs is 1. The molecular formula is C16H15N3OS. The summed E-state index contributed by atoms with van der Waals surface area (Å²) in [6.07, 6.45) is 0.830. The largest absolute Gasteiger partial charge is 0.398 e. The number of H-pyrrole nitrogens is 1. The predicted octanol–water partition coefficient (Wildman–Crippen LogP) is 2.49. The minimum absolute atomic E-state index is 0.418. The van der Waals surface area contributed by atoms with Crippen LogP contribution in [0.3, 0.4) is 0 Å². The highest BCUT2D eigenvalue weighted by molar-refractivity contribution is 7.67. The zero-order valence-corrected chi connectivity index (χ0v) is 12.4. The molecule has 3 rings (SSSR count). The number of hydrogen-bond acceptors (Lipinski definition) is 3. The number of nitrogens with zero attached hydrogens (tertiary/aromatic N) is 1. The van der Waals surface area contributed by atoms with Crippen LogP contribution in [0.25, 0.3) is 11.0 Å². The van der Waals surface area contributed by atoms with Crippen LogP contribution in [-0.2, 0) is 17.7 Å². The van der Waals surface area contributed by atoms with E-state index in [1.807, 2.05) is 49.4 Å². The van der Waals surface area contributed by atoms with Crippen molar-refractivity contribution in [3.05, 3.63) is 59.4 Å². The Morgan fingerprint density at radius 2 is 2.05 bits per heavy atom. The van der Waals surface area contributed by atoms with E-state index in [1.54, 1.807) is 0 Å². The quantitative estimate of drug-likeness (QED) is 0.443. The van der Waals surface area contributed by atoms with Crippen molar-refractivity contribution in [1.82, 2.24) is 9.97 Å². The molecule has 0 bridgehead atoms. The van der Waals surface area contributed by atoms with Crippen LogP contribution in [0.4, 0.5) is 5.69 Å². The second-order valence-corrected chi connectivity index (χ2v) is 5.32. The van der Waals surface area contributed by atoms with Gasteiger partial charge in [0, 0.05) is 11.3 Å². The van der Waals surface area contributed by atoms with Gasteiger partial charge in [-0.1, -0.05) is 37.3 Å². The van der Waals surface area contributed by atoms with Crippen molar-refractivity contribution in [3.8, 4) is 0 Å². The zero-order valence-electron chi connectivity index (χ0n) is 11.6. The fourth-order valence-electron chi connectivity index (χ4n) is 2.39. The van der Waals surface area contributed by atoms with Crippen LogP contribution >= 0.6 is 0 Å². The molecule has 106 valence electrons. The van der Waals surface area contributed by atoms with Gasteiger partial charge in [-0.25, -0.2) is 9.19 Å². The van der Waals surface area contributed by atoms with Crippen molar-refractivity contribution in [1.29, 1.82) is 0 Å². The van der Waals surface area contributed by atoms with Crippen LogP contribution in [0, 0.1) is 0 Å². The number of aromatic nitrogens is 2. The highest BCUT2D eigenvalue weighted by Gasteiger charge is 2.15. The van der Waals surface area contributed by atoms with Crippen LogP contribution < -0.4 is 5.73 Å². The van der Waals surface area contributed by atoms with Gasteiger partial charge >= 0.3 is 0 Å². The third-order valence-electron chi connectivity index (χ3n) is 3.51. The molecule has 0 spiro atoms. The van der Waals surface area contributed by atoms with Crippen LogP contribution in [-0.4, -0.2) is 19.0 Å². The van der Waals surface area contributed by atoms with Crippen molar-refractivity contribution in [2.24, 2.45) is 0 Å². The maximum absolute atomic E-state index is 11.6. The molecule has 1 aromatic heterocycles. The molecule has 0 aliphatic carbocycles. The van der Waals surface area contributed by atoms with Gasteiger partial charge in [0.2, 0.25) is 0 Å². The molecule has 4 nitrogen and oxygen atoms in total. The maximum Gasteiger partial charge on any atom is 0.152 e. The van der Waals surface area contributed by atoms with Crippen molar-refractivity contribution >= 4 is 32.8 Å². The summed E-state index contributed by atoms with van der Waals surface area (Å²) in [5.74, 6) is 0.566. The number of benzene rings is 2. The summed E-state index contributed by atoms with van der Waals surface area (Å²) in [6.45, 7) is 2.04. The number of anilines is 1. The normalized spacial score (nSPS) is 10.7. The number of imidazole rings is 1. The van der Waals surface area contributed by atoms with E-state index in [9.17, 15) is 4.21 Å². The van der Waals surface area contributed by atoms with E-state index in [0.717, 1.165) is 28.6 Å². The highest BCUT2D eigenvalue weighted by atomic mass is 32.1. The smallest absolute Gasteiger partial charge is 0.152 e. The molecule has 0 radical (unpaired) electrons. The van der Waals surface area contributed by atoms with Gasteiger partial charge in [0.15, 0.2) is 5.82 Å². The van der Waals surface area contributed by atoms with Gasteiger partial charge in [0.25, 0.3) is 0 Å². The van der Waals surface area contributed by atoms with E-state index in [1.165, 1.54) is 0 Å². The van der Waals surface area contributed by atoms with Gasteiger partial charge in [0.05, 0.1) is 11.0 Å². The van der Waals surface area contributed by atoms with E-state index in [0.29, 0.717) is 27.6 Å². The number of nitrogens with one attached hydrogen (secondary N) is 1. The highest BCUT2D eigenvalue weighted by Crippen LogP contribution is 2.21. The SMILES string of the molecule is CCc1cccc(C(=S=O)c2nc3ccccc3[nH]2)c1N. The Balaban J connectivity index is 2.17. The van der Waals surface area contributed by atoms with E-state index in [2.05, 4.69) is 9.97 Å². The van der Waals surface area contributed by atoms with Crippen molar-refractivity contribution in [2.75, 3.05) is 5.73 Å². The zero-order chi connectivity index (χ0) is 14.8. The minimum Gasteiger partial charge on any atom is -0.398 e. The number of aryl methyl sites for hydroxylation is 1. The third kappa shape index (κ3) is 2.36. The molecule has 0 saturated heterocycles. The monoisotopic (exact) mass is 297 g/mol. The first kappa shape index (κ1) is 13.6.